The third-order valence-corrected chi connectivity index (χ3v) is 4.31. The summed E-state index contributed by atoms with van der Waals surface area (Å²) in [5.74, 6) is -0.183. The molecule has 3 nitrogen and oxygen atoms in total. The number of aliphatic carboxylic acids is 1. The summed E-state index contributed by atoms with van der Waals surface area (Å²) >= 11 is 4.94. The van der Waals surface area contributed by atoms with Gasteiger partial charge in [0.1, 0.15) is 5.75 Å². The lowest BCUT2D eigenvalue weighted by Gasteiger charge is -2.10. The number of hydrogen-bond donors (Lipinski definition) is 1. The highest BCUT2D eigenvalue weighted by molar-refractivity contribution is 9.10. The van der Waals surface area contributed by atoms with Crippen molar-refractivity contribution in [1.82, 2.24) is 0 Å². The zero-order chi connectivity index (χ0) is 14.5. The van der Waals surface area contributed by atoms with Gasteiger partial charge in [-0.2, -0.15) is 0 Å². The molecule has 0 atom stereocenters. The fraction of sp³-hybridized carbons (Fsp3) is 0.133. The minimum atomic E-state index is -0.851. The van der Waals surface area contributed by atoms with Crippen LogP contribution >= 0.6 is 27.7 Å². The van der Waals surface area contributed by atoms with Crippen LogP contribution < -0.4 is 4.74 Å². The molecule has 1 N–H and O–H groups in total. The minimum Gasteiger partial charge on any atom is -0.497 e. The standard InChI is InChI=1S/C15H13BrO3S/c1-19-12-4-7-14(10(8-12)9-15(17)18)20-13-5-2-11(16)3-6-13/h2-8H,9H2,1H3,(H,17,18). The van der Waals surface area contributed by atoms with Crippen molar-refractivity contribution in [3.05, 3.63) is 52.5 Å². The first kappa shape index (κ1) is 14.9. The van der Waals surface area contributed by atoms with Crippen LogP contribution in [0.2, 0.25) is 0 Å². The molecule has 104 valence electrons. The highest BCUT2D eigenvalue weighted by atomic mass is 79.9. The summed E-state index contributed by atoms with van der Waals surface area (Å²) in [5.41, 5.74) is 0.754. The van der Waals surface area contributed by atoms with Gasteiger partial charge in [-0.25, -0.2) is 0 Å². The second kappa shape index (κ2) is 6.81. The molecule has 20 heavy (non-hydrogen) atoms. The Labute approximate surface area is 130 Å². The van der Waals surface area contributed by atoms with E-state index in [1.807, 2.05) is 36.4 Å². The molecule has 2 rings (SSSR count). The zero-order valence-corrected chi connectivity index (χ0v) is 13.2. The molecule has 0 amide bonds. The number of methoxy groups -OCH3 is 1. The first-order chi connectivity index (χ1) is 9.58. The number of rotatable bonds is 5. The number of ether oxygens (including phenoxy) is 1. The van der Waals surface area contributed by atoms with Crippen molar-refractivity contribution in [3.63, 3.8) is 0 Å². The molecule has 0 aliphatic rings. The Bertz CT molecular complexity index is 611. The molecule has 0 unspecified atom stereocenters. The first-order valence-corrected chi connectivity index (χ1v) is 7.51. The van der Waals surface area contributed by atoms with Gasteiger partial charge in [-0.15, -0.1) is 0 Å². The molecule has 0 bridgehead atoms. The number of halogens is 1. The molecule has 0 saturated carbocycles. The Hall–Kier alpha value is -1.46. The van der Waals surface area contributed by atoms with E-state index >= 15 is 0 Å². The van der Waals surface area contributed by atoms with Crippen molar-refractivity contribution >= 4 is 33.7 Å². The van der Waals surface area contributed by atoms with Gasteiger partial charge in [0.15, 0.2) is 0 Å². The second-order valence-electron chi connectivity index (χ2n) is 4.10. The van der Waals surface area contributed by atoms with Crippen LogP contribution in [0, 0.1) is 0 Å². The number of carboxylic acids is 1. The Morgan fingerprint density at radius 1 is 1.25 bits per heavy atom. The second-order valence-corrected chi connectivity index (χ2v) is 6.13. The van der Waals surface area contributed by atoms with Crippen LogP contribution in [0.25, 0.3) is 0 Å². The van der Waals surface area contributed by atoms with Crippen molar-refractivity contribution in [3.8, 4) is 5.75 Å². The van der Waals surface area contributed by atoms with E-state index < -0.39 is 5.97 Å². The lowest BCUT2D eigenvalue weighted by molar-refractivity contribution is -0.136. The predicted molar refractivity (Wildman–Crippen MR) is 82.6 cm³/mol. The molecule has 2 aromatic rings. The maximum Gasteiger partial charge on any atom is 0.307 e. The van der Waals surface area contributed by atoms with Gasteiger partial charge in [-0.3, -0.25) is 4.79 Å². The van der Waals surface area contributed by atoms with Crippen LogP contribution in [0.4, 0.5) is 0 Å². The van der Waals surface area contributed by atoms with E-state index in [0.717, 1.165) is 19.8 Å². The van der Waals surface area contributed by atoms with Gasteiger partial charge in [-0.1, -0.05) is 27.7 Å². The van der Waals surface area contributed by atoms with Crippen molar-refractivity contribution in [2.45, 2.75) is 16.2 Å². The molecule has 0 aliphatic carbocycles. The Morgan fingerprint density at radius 2 is 1.95 bits per heavy atom. The molecule has 0 aliphatic heterocycles. The SMILES string of the molecule is COc1ccc(Sc2ccc(Br)cc2)c(CC(=O)O)c1. The smallest absolute Gasteiger partial charge is 0.307 e. The van der Waals surface area contributed by atoms with Crippen LogP contribution in [0.15, 0.2) is 56.7 Å². The average Bonchev–Trinajstić information content (AvgIpc) is 2.42. The van der Waals surface area contributed by atoms with Crippen molar-refractivity contribution in [2.75, 3.05) is 7.11 Å². The van der Waals surface area contributed by atoms with E-state index in [4.69, 9.17) is 9.84 Å². The van der Waals surface area contributed by atoms with E-state index in [-0.39, 0.29) is 6.42 Å². The highest BCUT2D eigenvalue weighted by Gasteiger charge is 2.10. The van der Waals surface area contributed by atoms with Crippen LogP contribution in [0.3, 0.4) is 0 Å². The predicted octanol–water partition coefficient (Wildman–Crippen LogP) is 4.24. The number of carboxylic acid groups (broad SMARTS) is 1. The molecule has 0 radical (unpaired) electrons. The third-order valence-electron chi connectivity index (χ3n) is 2.65. The first-order valence-electron chi connectivity index (χ1n) is 5.90. The average molecular weight is 353 g/mol. The van der Waals surface area contributed by atoms with E-state index in [1.165, 1.54) is 0 Å². The maximum absolute atomic E-state index is 11.0. The fourth-order valence-electron chi connectivity index (χ4n) is 1.71. The lowest BCUT2D eigenvalue weighted by atomic mass is 10.1. The lowest BCUT2D eigenvalue weighted by Crippen LogP contribution is -2.02. The molecule has 0 aromatic heterocycles. The number of hydrogen-bond acceptors (Lipinski definition) is 3. The summed E-state index contributed by atoms with van der Waals surface area (Å²) in [6.07, 6.45) is -0.0178. The Morgan fingerprint density at radius 3 is 2.55 bits per heavy atom. The molecule has 5 heteroatoms. The van der Waals surface area contributed by atoms with Gasteiger partial charge >= 0.3 is 5.97 Å². The monoisotopic (exact) mass is 352 g/mol. The van der Waals surface area contributed by atoms with Gasteiger partial charge in [-0.05, 0) is 48.0 Å². The largest absolute Gasteiger partial charge is 0.497 e. The summed E-state index contributed by atoms with van der Waals surface area (Å²) in [5, 5.41) is 9.00. The highest BCUT2D eigenvalue weighted by Crippen LogP contribution is 2.33. The van der Waals surface area contributed by atoms with Crippen LogP contribution in [0.5, 0.6) is 5.75 Å². The van der Waals surface area contributed by atoms with E-state index in [2.05, 4.69) is 15.9 Å². The summed E-state index contributed by atoms with van der Waals surface area (Å²) in [4.78, 5) is 12.9. The normalized spacial score (nSPS) is 10.3. The van der Waals surface area contributed by atoms with Gasteiger partial charge in [0.2, 0.25) is 0 Å². The molecule has 0 heterocycles. The quantitative estimate of drug-likeness (QED) is 0.874. The molecular formula is C15H13BrO3S. The van der Waals surface area contributed by atoms with Gasteiger partial charge in [0.05, 0.1) is 13.5 Å². The van der Waals surface area contributed by atoms with Crippen molar-refractivity contribution in [1.29, 1.82) is 0 Å². The van der Waals surface area contributed by atoms with Gasteiger partial charge < -0.3 is 9.84 Å². The fourth-order valence-corrected chi connectivity index (χ4v) is 2.90. The summed E-state index contributed by atoms with van der Waals surface area (Å²) in [6, 6.07) is 13.4. The summed E-state index contributed by atoms with van der Waals surface area (Å²) in [7, 11) is 1.57. The van der Waals surface area contributed by atoms with Crippen LogP contribution in [0.1, 0.15) is 5.56 Å². The molecular weight excluding hydrogens is 340 g/mol. The molecule has 0 spiro atoms. The van der Waals surface area contributed by atoms with Crippen molar-refractivity contribution in [2.24, 2.45) is 0 Å². The molecule has 0 fully saturated rings. The van der Waals surface area contributed by atoms with Crippen LogP contribution in [-0.4, -0.2) is 18.2 Å². The van der Waals surface area contributed by atoms with E-state index in [1.54, 1.807) is 24.9 Å². The number of benzene rings is 2. The van der Waals surface area contributed by atoms with Gasteiger partial charge in [0, 0.05) is 14.3 Å². The van der Waals surface area contributed by atoms with Gasteiger partial charge in [0.25, 0.3) is 0 Å². The maximum atomic E-state index is 11.0. The Balaban J connectivity index is 2.29. The number of carbonyl (C=O) groups is 1. The third kappa shape index (κ3) is 4.02. The molecule has 2 aromatic carbocycles. The van der Waals surface area contributed by atoms with E-state index in [0.29, 0.717) is 5.75 Å². The Kier molecular flexibility index (Phi) is 5.09. The minimum absolute atomic E-state index is 0.0178. The molecule has 0 saturated heterocycles. The van der Waals surface area contributed by atoms with E-state index in [9.17, 15) is 4.79 Å². The van der Waals surface area contributed by atoms with Crippen LogP contribution in [-0.2, 0) is 11.2 Å². The summed E-state index contributed by atoms with van der Waals surface area (Å²) in [6.45, 7) is 0. The topological polar surface area (TPSA) is 46.5 Å². The summed E-state index contributed by atoms with van der Waals surface area (Å²) < 4.78 is 6.17. The van der Waals surface area contributed by atoms with Crippen molar-refractivity contribution < 1.29 is 14.6 Å². The zero-order valence-electron chi connectivity index (χ0n) is 10.8.